The van der Waals surface area contributed by atoms with Crippen LogP contribution in [0.25, 0.3) is 11.3 Å². The Labute approximate surface area is 158 Å². The van der Waals surface area contributed by atoms with E-state index >= 15 is 0 Å². The van der Waals surface area contributed by atoms with Gasteiger partial charge < -0.3 is 10.4 Å². The number of benzene rings is 2. The van der Waals surface area contributed by atoms with Gasteiger partial charge in [0.05, 0.1) is 5.69 Å². The highest BCUT2D eigenvalue weighted by Crippen LogP contribution is 2.41. The number of nitrogens with one attached hydrogen (secondary N) is 2. The number of aromatic nitrogens is 6. The zero-order valence-electron chi connectivity index (χ0n) is 14.8. The summed E-state index contributed by atoms with van der Waals surface area (Å²) in [4.78, 5) is 12.6. The molecule has 0 amide bonds. The van der Waals surface area contributed by atoms with E-state index in [-0.39, 0.29) is 11.3 Å². The third kappa shape index (κ3) is 2.44. The van der Waals surface area contributed by atoms with E-state index in [1.54, 1.807) is 22.9 Å². The van der Waals surface area contributed by atoms with Crippen LogP contribution in [0.5, 0.6) is 5.75 Å². The van der Waals surface area contributed by atoms with Crippen molar-refractivity contribution in [1.82, 2.24) is 30.4 Å². The maximum atomic E-state index is 12.6. The van der Waals surface area contributed by atoms with Crippen LogP contribution in [0.4, 0.5) is 11.6 Å². The number of rotatable bonds is 2. The SMILES string of the molecule is Cc1ccc(-c2n[nH]c(=O)c3c2C(c2cccc(O)c2)n2nnnc2N3)cc1. The molecular formula is C19H15N7O2. The molecule has 0 fully saturated rings. The predicted octanol–water partition coefficient (Wildman–Crippen LogP) is 2.13. The third-order valence-electron chi connectivity index (χ3n) is 4.78. The van der Waals surface area contributed by atoms with Crippen molar-refractivity contribution in [1.29, 1.82) is 0 Å². The minimum atomic E-state index is -0.528. The van der Waals surface area contributed by atoms with Crippen LogP contribution in [-0.2, 0) is 0 Å². The Balaban J connectivity index is 1.82. The number of hydrogen-bond acceptors (Lipinski definition) is 7. The minimum absolute atomic E-state index is 0.113. The van der Waals surface area contributed by atoms with Crippen molar-refractivity contribution in [2.75, 3.05) is 5.32 Å². The fourth-order valence-corrected chi connectivity index (χ4v) is 3.47. The van der Waals surface area contributed by atoms with E-state index in [4.69, 9.17) is 0 Å². The molecule has 0 spiro atoms. The predicted molar refractivity (Wildman–Crippen MR) is 101 cm³/mol. The molecule has 5 rings (SSSR count). The number of phenolic OH excluding ortho intramolecular Hbond substituents is 1. The van der Waals surface area contributed by atoms with Crippen molar-refractivity contribution in [3.8, 4) is 17.0 Å². The number of phenols is 1. The lowest BCUT2D eigenvalue weighted by Crippen LogP contribution is -2.29. The molecule has 2 aromatic heterocycles. The van der Waals surface area contributed by atoms with Crippen LogP contribution >= 0.6 is 0 Å². The first-order chi connectivity index (χ1) is 13.6. The molecule has 1 aliphatic heterocycles. The van der Waals surface area contributed by atoms with Crippen molar-refractivity contribution in [2.45, 2.75) is 13.0 Å². The van der Waals surface area contributed by atoms with Gasteiger partial charge in [-0.1, -0.05) is 47.1 Å². The molecule has 2 aromatic carbocycles. The molecular weight excluding hydrogens is 358 g/mol. The number of H-pyrrole nitrogens is 1. The Morgan fingerprint density at radius 2 is 1.96 bits per heavy atom. The van der Waals surface area contributed by atoms with Gasteiger partial charge in [-0.2, -0.15) is 9.78 Å². The smallest absolute Gasteiger partial charge is 0.288 e. The van der Waals surface area contributed by atoms with Gasteiger partial charge in [-0.05, 0) is 35.0 Å². The summed E-state index contributed by atoms with van der Waals surface area (Å²) in [6.07, 6.45) is 0. The molecule has 4 aromatic rings. The van der Waals surface area contributed by atoms with Crippen molar-refractivity contribution < 1.29 is 5.11 Å². The van der Waals surface area contributed by atoms with Gasteiger partial charge in [0, 0.05) is 11.1 Å². The van der Waals surface area contributed by atoms with Crippen molar-refractivity contribution in [3.05, 3.63) is 75.6 Å². The fourth-order valence-electron chi connectivity index (χ4n) is 3.47. The van der Waals surface area contributed by atoms with Gasteiger partial charge in [0.25, 0.3) is 5.56 Å². The number of fused-ring (bicyclic) bond motifs is 2. The summed E-state index contributed by atoms with van der Waals surface area (Å²) < 4.78 is 1.58. The molecule has 138 valence electrons. The zero-order chi connectivity index (χ0) is 19.3. The highest BCUT2D eigenvalue weighted by Gasteiger charge is 2.34. The van der Waals surface area contributed by atoms with E-state index < -0.39 is 6.04 Å². The molecule has 0 aliphatic carbocycles. The van der Waals surface area contributed by atoms with E-state index in [0.717, 1.165) is 16.7 Å². The van der Waals surface area contributed by atoms with Gasteiger partial charge in [0.1, 0.15) is 17.5 Å². The Hall–Kier alpha value is -4.01. The number of aromatic amines is 1. The summed E-state index contributed by atoms with van der Waals surface area (Å²) in [5, 5.41) is 31.7. The van der Waals surface area contributed by atoms with Crippen molar-refractivity contribution >= 4 is 11.6 Å². The summed E-state index contributed by atoms with van der Waals surface area (Å²) in [5.41, 5.74) is 3.91. The van der Waals surface area contributed by atoms with Crippen LogP contribution in [0.15, 0.2) is 53.3 Å². The molecule has 0 saturated heterocycles. The first kappa shape index (κ1) is 16.2. The molecule has 0 saturated carbocycles. The fraction of sp³-hybridized carbons (Fsp3) is 0.105. The van der Waals surface area contributed by atoms with E-state index in [9.17, 15) is 9.90 Å². The first-order valence-electron chi connectivity index (χ1n) is 8.65. The minimum Gasteiger partial charge on any atom is -0.508 e. The number of tetrazole rings is 1. The number of anilines is 2. The van der Waals surface area contributed by atoms with Gasteiger partial charge in [-0.15, -0.1) is 0 Å². The summed E-state index contributed by atoms with van der Waals surface area (Å²) in [6.45, 7) is 2.00. The van der Waals surface area contributed by atoms with Crippen LogP contribution in [0.1, 0.15) is 22.7 Å². The molecule has 1 aliphatic rings. The maximum Gasteiger partial charge on any atom is 0.288 e. The molecule has 1 atom stereocenters. The Kier molecular flexibility index (Phi) is 3.48. The molecule has 3 N–H and O–H groups in total. The van der Waals surface area contributed by atoms with Gasteiger partial charge in [0.2, 0.25) is 5.95 Å². The number of hydrogen-bond donors (Lipinski definition) is 3. The van der Waals surface area contributed by atoms with Crippen LogP contribution in [0, 0.1) is 6.92 Å². The van der Waals surface area contributed by atoms with Crippen LogP contribution in [-0.4, -0.2) is 35.5 Å². The average Bonchev–Trinajstić information content (AvgIpc) is 3.16. The quantitative estimate of drug-likeness (QED) is 0.433. The number of nitrogens with zero attached hydrogens (tertiary/aromatic N) is 5. The lowest BCUT2D eigenvalue weighted by molar-refractivity contribution is 0.472. The zero-order valence-corrected chi connectivity index (χ0v) is 14.8. The van der Waals surface area contributed by atoms with E-state index in [0.29, 0.717) is 22.9 Å². The van der Waals surface area contributed by atoms with Crippen LogP contribution in [0.3, 0.4) is 0 Å². The summed E-state index contributed by atoms with van der Waals surface area (Å²) in [5.74, 6) is 0.453. The van der Waals surface area contributed by atoms with Gasteiger partial charge in [-0.3, -0.25) is 4.79 Å². The Bertz CT molecular complexity index is 1240. The monoisotopic (exact) mass is 373 g/mol. The number of aryl methyl sites for hydroxylation is 1. The second-order valence-electron chi connectivity index (χ2n) is 6.63. The second-order valence-corrected chi connectivity index (χ2v) is 6.63. The Morgan fingerprint density at radius 1 is 1.14 bits per heavy atom. The molecule has 28 heavy (non-hydrogen) atoms. The molecule has 1 unspecified atom stereocenters. The molecule has 9 nitrogen and oxygen atoms in total. The number of aromatic hydroxyl groups is 1. The standard InChI is InChI=1S/C19H15N7O2/c1-10-5-7-11(8-6-10)15-14-16(18(28)22-21-15)20-19-23-24-25-26(19)17(14)12-3-2-4-13(27)9-12/h2-9,17,27H,1H3,(H,22,28)(H,20,23,25). The lowest BCUT2D eigenvalue weighted by Gasteiger charge is -2.27. The second kappa shape index (κ2) is 6.02. The molecule has 0 bridgehead atoms. The third-order valence-corrected chi connectivity index (χ3v) is 4.78. The highest BCUT2D eigenvalue weighted by molar-refractivity contribution is 5.75. The summed E-state index contributed by atoms with van der Waals surface area (Å²) in [6, 6.07) is 14.1. The van der Waals surface area contributed by atoms with Crippen molar-refractivity contribution in [2.24, 2.45) is 0 Å². The Morgan fingerprint density at radius 3 is 2.75 bits per heavy atom. The average molecular weight is 373 g/mol. The molecule has 0 radical (unpaired) electrons. The maximum absolute atomic E-state index is 12.6. The van der Waals surface area contributed by atoms with Crippen molar-refractivity contribution in [3.63, 3.8) is 0 Å². The topological polar surface area (TPSA) is 122 Å². The highest BCUT2D eigenvalue weighted by atomic mass is 16.3. The van der Waals surface area contributed by atoms with Crippen LogP contribution < -0.4 is 10.9 Å². The van der Waals surface area contributed by atoms with E-state index in [1.807, 2.05) is 37.3 Å². The van der Waals surface area contributed by atoms with Crippen LogP contribution in [0.2, 0.25) is 0 Å². The van der Waals surface area contributed by atoms with Gasteiger partial charge >= 0.3 is 0 Å². The summed E-state index contributed by atoms with van der Waals surface area (Å²) >= 11 is 0. The van der Waals surface area contributed by atoms with Gasteiger partial charge in [0.15, 0.2) is 0 Å². The van der Waals surface area contributed by atoms with E-state index in [2.05, 4.69) is 31.0 Å². The van der Waals surface area contributed by atoms with Gasteiger partial charge in [-0.25, -0.2) is 5.10 Å². The lowest BCUT2D eigenvalue weighted by atomic mass is 9.92. The normalized spacial score (nSPS) is 14.8. The van der Waals surface area contributed by atoms with E-state index in [1.165, 1.54) is 0 Å². The largest absolute Gasteiger partial charge is 0.508 e. The molecule has 9 heteroatoms. The summed E-state index contributed by atoms with van der Waals surface area (Å²) in [7, 11) is 0. The first-order valence-corrected chi connectivity index (χ1v) is 8.65. The molecule has 3 heterocycles.